The standard InChI is InChI=1S/C16H21N3O5S/c1-24-14-7-5-12(6-8-14)15(20)11-19-9-3-4-13(10-19)16(21)17-18-25(2,22)23/h4-8,18H,3,9-11H2,1-2H3,(H,17,21). The zero-order chi connectivity index (χ0) is 18.4. The molecule has 0 atom stereocenters. The van der Waals surface area contributed by atoms with Crippen LogP contribution in [0.4, 0.5) is 0 Å². The third-order valence-corrected chi connectivity index (χ3v) is 4.12. The molecule has 1 aromatic rings. The lowest BCUT2D eigenvalue weighted by Gasteiger charge is -2.26. The average molecular weight is 367 g/mol. The van der Waals surface area contributed by atoms with Crippen LogP contribution >= 0.6 is 0 Å². The Bertz CT molecular complexity index is 771. The molecule has 0 unspecified atom stereocenters. The van der Waals surface area contributed by atoms with Gasteiger partial charge >= 0.3 is 0 Å². The number of carbonyl (C=O) groups is 2. The van der Waals surface area contributed by atoms with Gasteiger partial charge in [0, 0.05) is 24.2 Å². The Morgan fingerprint density at radius 3 is 2.52 bits per heavy atom. The van der Waals surface area contributed by atoms with Crippen molar-refractivity contribution in [2.24, 2.45) is 0 Å². The van der Waals surface area contributed by atoms with Crippen LogP contribution in [0.25, 0.3) is 0 Å². The number of nitrogens with one attached hydrogen (secondary N) is 2. The second-order valence-corrected chi connectivity index (χ2v) is 7.46. The number of ether oxygens (including phenoxy) is 1. The lowest BCUT2D eigenvalue weighted by molar-refractivity contribution is -0.118. The minimum Gasteiger partial charge on any atom is -0.497 e. The number of hydrogen-bond acceptors (Lipinski definition) is 6. The number of Topliss-reactive ketones (excluding diaryl/α,β-unsaturated/α-hetero) is 1. The first-order valence-corrected chi connectivity index (χ1v) is 9.53. The second-order valence-electron chi connectivity index (χ2n) is 5.71. The van der Waals surface area contributed by atoms with Gasteiger partial charge in [0.25, 0.3) is 5.91 Å². The van der Waals surface area contributed by atoms with Crippen molar-refractivity contribution in [1.29, 1.82) is 0 Å². The van der Waals surface area contributed by atoms with E-state index in [9.17, 15) is 18.0 Å². The van der Waals surface area contributed by atoms with Crippen LogP contribution < -0.4 is 15.0 Å². The fourth-order valence-corrected chi connectivity index (χ4v) is 2.67. The van der Waals surface area contributed by atoms with Crippen molar-refractivity contribution in [1.82, 2.24) is 15.2 Å². The molecule has 0 saturated carbocycles. The molecule has 2 rings (SSSR count). The Morgan fingerprint density at radius 2 is 1.92 bits per heavy atom. The highest BCUT2D eigenvalue weighted by Gasteiger charge is 2.21. The summed E-state index contributed by atoms with van der Waals surface area (Å²) in [5, 5.41) is 0. The maximum absolute atomic E-state index is 12.4. The molecule has 0 saturated heterocycles. The van der Waals surface area contributed by atoms with Gasteiger partial charge in [-0.2, -0.15) is 0 Å². The zero-order valence-electron chi connectivity index (χ0n) is 14.1. The summed E-state index contributed by atoms with van der Waals surface area (Å²) in [6.45, 7) is 1.10. The Morgan fingerprint density at radius 1 is 1.24 bits per heavy atom. The van der Waals surface area contributed by atoms with E-state index in [1.807, 2.05) is 9.73 Å². The van der Waals surface area contributed by atoms with Crippen molar-refractivity contribution >= 4 is 21.7 Å². The maximum Gasteiger partial charge on any atom is 0.263 e. The van der Waals surface area contributed by atoms with E-state index in [2.05, 4.69) is 5.43 Å². The minimum absolute atomic E-state index is 0.0569. The SMILES string of the molecule is COc1ccc(C(=O)CN2CCC=C(C(=O)NNS(C)(=O)=O)C2)cc1. The molecule has 8 nitrogen and oxygen atoms in total. The van der Waals surface area contributed by atoms with Gasteiger partial charge in [-0.3, -0.25) is 19.9 Å². The van der Waals surface area contributed by atoms with Crippen LogP contribution in [-0.4, -0.2) is 58.0 Å². The zero-order valence-corrected chi connectivity index (χ0v) is 14.9. The summed E-state index contributed by atoms with van der Waals surface area (Å²) in [4.78, 5) is 28.1. The van der Waals surface area contributed by atoms with Crippen molar-refractivity contribution in [3.8, 4) is 5.75 Å². The molecular weight excluding hydrogens is 346 g/mol. The predicted octanol–water partition coefficient (Wildman–Crippen LogP) is 0.0904. The van der Waals surface area contributed by atoms with Crippen LogP contribution in [0.1, 0.15) is 16.8 Å². The van der Waals surface area contributed by atoms with E-state index < -0.39 is 15.9 Å². The van der Waals surface area contributed by atoms with Gasteiger partial charge in [0.05, 0.1) is 19.9 Å². The summed E-state index contributed by atoms with van der Waals surface area (Å²) in [5.41, 5.74) is 3.13. The highest BCUT2D eigenvalue weighted by molar-refractivity contribution is 7.88. The monoisotopic (exact) mass is 367 g/mol. The van der Waals surface area contributed by atoms with Gasteiger partial charge in [-0.1, -0.05) is 6.08 Å². The second kappa shape index (κ2) is 8.24. The van der Waals surface area contributed by atoms with E-state index in [1.54, 1.807) is 37.5 Å². The van der Waals surface area contributed by atoms with E-state index in [0.29, 0.717) is 29.9 Å². The Balaban J connectivity index is 1.92. The van der Waals surface area contributed by atoms with Crippen molar-refractivity contribution < 1.29 is 22.7 Å². The molecule has 1 aromatic carbocycles. The molecule has 0 fully saturated rings. The van der Waals surface area contributed by atoms with E-state index in [1.165, 1.54) is 0 Å². The third kappa shape index (κ3) is 5.96. The van der Waals surface area contributed by atoms with Crippen LogP contribution in [-0.2, 0) is 14.8 Å². The topological polar surface area (TPSA) is 105 Å². The number of hydrazine groups is 1. The predicted molar refractivity (Wildman–Crippen MR) is 92.6 cm³/mol. The van der Waals surface area contributed by atoms with Crippen molar-refractivity contribution in [3.63, 3.8) is 0 Å². The Labute approximate surface area is 146 Å². The largest absolute Gasteiger partial charge is 0.497 e. The van der Waals surface area contributed by atoms with Crippen LogP contribution in [0.5, 0.6) is 5.75 Å². The molecule has 1 aliphatic heterocycles. The van der Waals surface area contributed by atoms with Gasteiger partial charge in [-0.15, -0.1) is 4.83 Å². The quantitative estimate of drug-likeness (QED) is 0.523. The highest BCUT2D eigenvalue weighted by atomic mass is 32.2. The summed E-state index contributed by atoms with van der Waals surface area (Å²) in [6.07, 6.45) is 3.30. The first kappa shape index (κ1) is 19.1. The molecule has 2 N–H and O–H groups in total. The van der Waals surface area contributed by atoms with Gasteiger partial charge in [-0.25, -0.2) is 8.42 Å². The molecular formula is C16H21N3O5S. The Hall–Kier alpha value is -2.23. The van der Waals surface area contributed by atoms with Crippen LogP contribution in [0.2, 0.25) is 0 Å². The van der Waals surface area contributed by atoms with Crippen LogP contribution in [0.3, 0.4) is 0 Å². The van der Waals surface area contributed by atoms with Gasteiger partial charge in [0.2, 0.25) is 10.0 Å². The first-order valence-electron chi connectivity index (χ1n) is 7.64. The molecule has 1 heterocycles. The summed E-state index contributed by atoms with van der Waals surface area (Å²) < 4.78 is 27.1. The summed E-state index contributed by atoms with van der Waals surface area (Å²) in [7, 11) is -1.96. The van der Waals surface area contributed by atoms with E-state index in [-0.39, 0.29) is 18.9 Å². The molecule has 0 aromatic heterocycles. The average Bonchev–Trinajstić information content (AvgIpc) is 2.59. The number of methoxy groups -OCH3 is 1. The van der Waals surface area contributed by atoms with E-state index in [0.717, 1.165) is 6.26 Å². The summed E-state index contributed by atoms with van der Waals surface area (Å²) in [5.74, 6) is 0.0976. The Kier molecular flexibility index (Phi) is 6.29. The van der Waals surface area contributed by atoms with E-state index >= 15 is 0 Å². The molecule has 1 aliphatic rings. The molecule has 136 valence electrons. The number of amides is 1. The van der Waals surface area contributed by atoms with Crippen molar-refractivity contribution in [2.45, 2.75) is 6.42 Å². The normalized spacial score (nSPS) is 15.4. The number of sulfonamides is 1. The molecule has 0 bridgehead atoms. The van der Waals surface area contributed by atoms with Gasteiger partial charge < -0.3 is 4.74 Å². The van der Waals surface area contributed by atoms with Gasteiger partial charge in [-0.05, 0) is 30.7 Å². The smallest absolute Gasteiger partial charge is 0.263 e. The first-order chi connectivity index (χ1) is 11.8. The lowest BCUT2D eigenvalue weighted by Crippen LogP contribution is -2.45. The molecule has 25 heavy (non-hydrogen) atoms. The third-order valence-electron chi connectivity index (χ3n) is 3.65. The van der Waals surface area contributed by atoms with Crippen molar-refractivity contribution in [3.05, 3.63) is 41.5 Å². The fourth-order valence-electron chi connectivity index (χ4n) is 2.40. The molecule has 9 heteroatoms. The number of rotatable bonds is 7. The minimum atomic E-state index is -3.52. The lowest BCUT2D eigenvalue weighted by atomic mass is 10.1. The number of carbonyl (C=O) groups excluding carboxylic acids is 2. The van der Waals surface area contributed by atoms with Gasteiger partial charge in [0.1, 0.15) is 5.75 Å². The molecule has 0 aliphatic carbocycles. The number of benzene rings is 1. The van der Waals surface area contributed by atoms with E-state index in [4.69, 9.17) is 4.74 Å². The van der Waals surface area contributed by atoms with Crippen LogP contribution in [0, 0.1) is 0 Å². The molecule has 0 spiro atoms. The number of hydrogen-bond donors (Lipinski definition) is 2. The number of ketones is 1. The van der Waals surface area contributed by atoms with Crippen molar-refractivity contribution in [2.75, 3.05) is 33.0 Å². The maximum atomic E-state index is 12.4. The summed E-state index contributed by atoms with van der Waals surface area (Å²) >= 11 is 0. The number of nitrogens with zero attached hydrogens (tertiary/aromatic N) is 1. The van der Waals surface area contributed by atoms with Crippen LogP contribution in [0.15, 0.2) is 35.9 Å². The molecule has 1 amide bonds. The molecule has 0 radical (unpaired) electrons. The summed E-state index contributed by atoms with van der Waals surface area (Å²) in [6, 6.07) is 6.84. The highest BCUT2D eigenvalue weighted by Crippen LogP contribution is 2.14. The fraction of sp³-hybridized carbons (Fsp3) is 0.375. The van der Waals surface area contributed by atoms with Gasteiger partial charge in [0.15, 0.2) is 5.78 Å².